The van der Waals surface area contributed by atoms with Crippen LogP contribution in [0.25, 0.3) is 21.3 Å². The van der Waals surface area contributed by atoms with Gasteiger partial charge in [0.05, 0.1) is 22.3 Å². The highest BCUT2D eigenvalue weighted by atomic mass is 32.1. The number of benzene rings is 1. The van der Waals surface area contributed by atoms with Crippen LogP contribution in [0, 0.1) is 0 Å². The lowest BCUT2D eigenvalue weighted by atomic mass is 9.90. The zero-order valence-corrected chi connectivity index (χ0v) is 20.3. The molecule has 2 amide bonds. The topological polar surface area (TPSA) is 65.5 Å². The molecule has 188 valence electrons. The van der Waals surface area contributed by atoms with Crippen LogP contribution in [0.4, 0.5) is 18.9 Å². The van der Waals surface area contributed by atoms with Gasteiger partial charge in [-0.15, -0.1) is 11.3 Å². The van der Waals surface area contributed by atoms with Gasteiger partial charge in [-0.1, -0.05) is 0 Å². The third kappa shape index (κ3) is 4.06. The van der Waals surface area contributed by atoms with E-state index in [0.717, 1.165) is 53.3 Å². The van der Waals surface area contributed by atoms with Crippen LogP contribution in [-0.4, -0.2) is 47.4 Å². The highest BCUT2D eigenvalue weighted by Gasteiger charge is 2.36. The van der Waals surface area contributed by atoms with Crippen LogP contribution in [0.15, 0.2) is 30.5 Å². The average molecular weight is 515 g/mol. The molecule has 2 aromatic heterocycles. The van der Waals surface area contributed by atoms with Crippen molar-refractivity contribution in [3.8, 4) is 11.1 Å². The number of halogens is 3. The van der Waals surface area contributed by atoms with Crippen molar-refractivity contribution in [3.63, 3.8) is 0 Å². The van der Waals surface area contributed by atoms with E-state index in [1.807, 2.05) is 6.07 Å². The molecular weight excluding hydrogens is 489 g/mol. The summed E-state index contributed by atoms with van der Waals surface area (Å²) in [6, 6.07) is 6.45. The Hall–Kier alpha value is -2.98. The maximum atomic E-state index is 14.0. The Labute approximate surface area is 210 Å². The number of carbonyl (C=O) groups is 2. The maximum absolute atomic E-state index is 14.0. The number of imide groups is 1. The predicted molar refractivity (Wildman–Crippen MR) is 132 cm³/mol. The fraction of sp³-hybridized carbons (Fsp3) is 0.423. The summed E-state index contributed by atoms with van der Waals surface area (Å²) in [7, 11) is 0. The number of fused-ring (bicyclic) bond motifs is 2. The summed E-state index contributed by atoms with van der Waals surface area (Å²) in [6.45, 7) is 2.68. The van der Waals surface area contributed by atoms with Crippen LogP contribution < -0.4 is 10.2 Å². The van der Waals surface area contributed by atoms with E-state index in [2.05, 4.69) is 15.2 Å². The molecule has 6 nitrogen and oxygen atoms in total. The Kier molecular flexibility index (Phi) is 5.75. The number of anilines is 1. The van der Waals surface area contributed by atoms with Crippen molar-refractivity contribution in [1.82, 2.24) is 15.2 Å². The van der Waals surface area contributed by atoms with Crippen molar-refractivity contribution < 1.29 is 22.8 Å². The maximum Gasteiger partial charge on any atom is 0.416 e. The highest BCUT2D eigenvalue weighted by molar-refractivity contribution is 7.19. The second kappa shape index (κ2) is 8.85. The van der Waals surface area contributed by atoms with Crippen LogP contribution in [0.3, 0.4) is 0 Å². The molecule has 3 aliphatic heterocycles. The summed E-state index contributed by atoms with van der Waals surface area (Å²) in [5.41, 5.74) is 2.90. The lowest BCUT2D eigenvalue weighted by molar-refractivity contribution is -0.139. The number of hydrogen-bond donors (Lipinski definition) is 1. The number of nitrogens with zero attached hydrogens (tertiary/aromatic N) is 3. The normalized spacial score (nSPS) is 20.6. The summed E-state index contributed by atoms with van der Waals surface area (Å²) in [6.07, 6.45) is -0.0257. The van der Waals surface area contributed by atoms with Gasteiger partial charge in [0, 0.05) is 59.9 Å². The molecule has 5 heterocycles. The number of pyridine rings is 1. The van der Waals surface area contributed by atoms with Gasteiger partial charge in [-0.05, 0) is 55.6 Å². The van der Waals surface area contributed by atoms with E-state index in [1.54, 1.807) is 12.3 Å². The minimum atomic E-state index is -4.45. The summed E-state index contributed by atoms with van der Waals surface area (Å²) in [4.78, 5) is 33.0. The molecule has 0 aliphatic carbocycles. The molecule has 2 fully saturated rings. The second-order valence-electron chi connectivity index (χ2n) is 9.63. The summed E-state index contributed by atoms with van der Waals surface area (Å²) < 4.78 is 42.7. The average Bonchev–Trinajstić information content (AvgIpc) is 3.59. The molecule has 1 N–H and O–H groups in total. The molecule has 0 bridgehead atoms. The first-order chi connectivity index (χ1) is 17.3. The van der Waals surface area contributed by atoms with Crippen molar-refractivity contribution in [2.75, 3.05) is 24.5 Å². The smallest absolute Gasteiger partial charge is 0.366 e. The molecule has 1 atom stereocenters. The first-order valence-electron chi connectivity index (χ1n) is 12.2. The van der Waals surface area contributed by atoms with Gasteiger partial charge in [0.2, 0.25) is 11.8 Å². The fourth-order valence-electron chi connectivity index (χ4n) is 5.65. The monoisotopic (exact) mass is 514 g/mol. The number of nitrogens with one attached hydrogen (secondary N) is 1. The molecule has 3 aromatic rings. The van der Waals surface area contributed by atoms with E-state index < -0.39 is 11.7 Å². The van der Waals surface area contributed by atoms with E-state index in [-0.39, 0.29) is 37.2 Å². The molecule has 2 saturated heterocycles. The zero-order chi connectivity index (χ0) is 25.0. The second-order valence-corrected chi connectivity index (χ2v) is 10.8. The van der Waals surface area contributed by atoms with Crippen molar-refractivity contribution in [2.45, 2.75) is 50.9 Å². The number of alkyl halides is 3. The van der Waals surface area contributed by atoms with E-state index >= 15 is 0 Å². The molecule has 10 heteroatoms. The Morgan fingerprint density at radius 3 is 2.61 bits per heavy atom. The number of likely N-dealkylation sites (tertiary alicyclic amines) is 1. The molecule has 0 spiro atoms. The van der Waals surface area contributed by atoms with Gasteiger partial charge in [-0.2, -0.15) is 13.2 Å². The third-order valence-electron chi connectivity index (χ3n) is 7.35. The van der Waals surface area contributed by atoms with Crippen LogP contribution in [0.1, 0.15) is 41.7 Å². The van der Waals surface area contributed by atoms with Crippen molar-refractivity contribution in [3.05, 3.63) is 46.5 Å². The Morgan fingerprint density at radius 1 is 1.08 bits per heavy atom. The third-order valence-corrected chi connectivity index (χ3v) is 8.49. The van der Waals surface area contributed by atoms with Crippen LogP contribution in [-0.2, 0) is 28.7 Å². The van der Waals surface area contributed by atoms with E-state index in [0.29, 0.717) is 23.1 Å². The molecule has 1 aromatic carbocycles. The summed E-state index contributed by atoms with van der Waals surface area (Å²) in [5.74, 6) is -0.392. The Morgan fingerprint density at radius 2 is 1.89 bits per heavy atom. The van der Waals surface area contributed by atoms with Gasteiger partial charge < -0.3 is 10.2 Å². The Bertz CT molecular complexity index is 1350. The van der Waals surface area contributed by atoms with Crippen LogP contribution >= 0.6 is 11.3 Å². The molecule has 0 saturated carbocycles. The summed E-state index contributed by atoms with van der Waals surface area (Å²) in [5, 5.41) is 3.38. The molecule has 36 heavy (non-hydrogen) atoms. The van der Waals surface area contributed by atoms with Gasteiger partial charge in [0.25, 0.3) is 0 Å². The number of aryl methyl sites for hydroxylation is 1. The number of hydrogen-bond acceptors (Lipinski definition) is 6. The fourth-order valence-corrected chi connectivity index (χ4v) is 6.78. The molecule has 6 rings (SSSR count). The molecule has 3 aliphatic rings. The first-order valence-corrected chi connectivity index (χ1v) is 13.0. The standard InChI is InChI=1S/C26H25F3N4O2S/c27-26(28,29)16-10-15-2-1-9-32(17-5-7-30-13-17)24(15)20(11-16)19-6-8-31-21-12-18(36-25(19)21)14-33-22(34)3-4-23(33)35/h6,8,10-12,17,30H,1-5,7,9,13-14H2. The number of rotatable bonds is 4. The number of thiophene rings is 1. The Balaban J connectivity index is 1.50. The first kappa shape index (κ1) is 23.4. The highest BCUT2D eigenvalue weighted by Crippen LogP contribution is 2.46. The predicted octanol–water partition coefficient (Wildman–Crippen LogP) is 4.75. The number of aromatic nitrogens is 1. The quantitative estimate of drug-likeness (QED) is 0.510. The van der Waals surface area contributed by atoms with Crippen LogP contribution in [0.5, 0.6) is 0 Å². The van der Waals surface area contributed by atoms with E-state index in [1.165, 1.54) is 28.4 Å². The van der Waals surface area contributed by atoms with Crippen molar-refractivity contribution in [2.24, 2.45) is 0 Å². The molecule has 1 unspecified atom stereocenters. The largest absolute Gasteiger partial charge is 0.416 e. The SMILES string of the molecule is O=C1CCC(=O)N1Cc1cc2nccc(-c3cc(C(F)(F)F)cc4c3N(C3CCNC3)CCC4)c2s1. The van der Waals surface area contributed by atoms with E-state index in [9.17, 15) is 22.8 Å². The van der Waals surface area contributed by atoms with Gasteiger partial charge in [-0.25, -0.2) is 0 Å². The lowest BCUT2D eigenvalue weighted by Gasteiger charge is -2.38. The van der Waals surface area contributed by atoms with Gasteiger partial charge in [0.15, 0.2) is 0 Å². The lowest BCUT2D eigenvalue weighted by Crippen LogP contribution is -2.40. The molecular formula is C26H25F3N4O2S. The van der Waals surface area contributed by atoms with Gasteiger partial charge in [-0.3, -0.25) is 19.5 Å². The number of carbonyl (C=O) groups excluding carboxylic acids is 2. The molecule has 0 radical (unpaired) electrons. The van der Waals surface area contributed by atoms with Gasteiger partial charge in [0.1, 0.15) is 0 Å². The van der Waals surface area contributed by atoms with E-state index in [4.69, 9.17) is 0 Å². The van der Waals surface area contributed by atoms with Crippen molar-refractivity contribution >= 4 is 39.1 Å². The van der Waals surface area contributed by atoms with Crippen LogP contribution in [0.2, 0.25) is 0 Å². The number of amides is 2. The van der Waals surface area contributed by atoms with Crippen molar-refractivity contribution in [1.29, 1.82) is 0 Å². The van der Waals surface area contributed by atoms with Gasteiger partial charge >= 0.3 is 6.18 Å². The minimum Gasteiger partial charge on any atom is -0.366 e. The minimum absolute atomic E-state index is 0.165. The summed E-state index contributed by atoms with van der Waals surface area (Å²) >= 11 is 1.39. The zero-order valence-electron chi connectivity index (χ0n) is 19.5.